The molecule has 0 unspecified atom stereocenters. The molecule has 2 N–H and O–H groups in total. The predicted octanol–water partition coefficient (Wildman–Crippen LogP) is 3.97. The van der Waals surface area contributed by atoms with Crippen LogP contribution in [-0.2, 0) is 9.53 Å². The lowest BCUT2D eigenvalue weighted by molar-refractivity contribution is -0.150. The number of rotatable bonds is 10. The number of amides is 1. The van der Waals surface area contributed by atoms with Crippen LogP contribution in [0.15, 0.2) is 48.7 Å². The number of nitrogens with one attached hydrogen (secondary N) is 1. The highest BCUT2D eigenvalue weighted by Gasteiger charge is 2.32. The third-order valence-electron chi connectivity index (χ3n) is 5.88. The predicted molar refractivity (Wildman–Crippen MR) is 133 cm³/mol. The second-order valence-electron chi connectivity index (χ2n) is 8.30. The number of carbonyl (C=O) groups is 2. The third-order valence-corrected chi connectivity index (χ3v) is 5.88. The summed E-state index contributed by atoms with van der Waals surface area (Å²) in [6.07, 6.45) is 0.187. The first-order chi connectivity index (χ1) is 18.1. The molecular formula is C27H28F2N2O7. The van der Waals surface area contributed by atoms with E-state index in [1.54, 1.807) is 0 Å². The summed E-state index contributed by atoms with van der Waals surface area (Å²) in [6, 6.07) is 8.34. The lowest BCUT2D eigenvalue weighted by Gasteiger charge is -2.27. The van der Waals surface area contributed by atoms with E-state index in [0.29, 0.717) is 0 Å². The number of hydrogen-bond acceptors (Lipinski definition) is 8. The zero-order valence-corrected chi connectivity index (χ0v) is 21.5. The summed E-state index contributed by atoms with van der Waals surface area (Å²) in [5, 5.41) is 12.5. The Balaban J connectivity index is 1.86. The maximum atomic E-state index is 15.1. The molecule has 0 radical (unpaired) electrons. The molecule has 3 aromatic rings. The molecule has 2 atom stereocenters. The van der Waals surface area contributed by atoms with Gasteiger partial charge in [-0.1, -0.05) is 12.1 Å². The van der Waals surface area contributed by atoms with Crippen molar-refractivity contribution in [2.75, 3.05) is 21.3 Å². The van der Waals surface area contributed by atoms with Gasteiger partial charge in [0, 0.05) is 24.4 Å². The Hall–Kier alpha value is -4.41. The van der Waals surface area contributed by atoms with E-state index in [1.165, 1.54) is 71.7 Å². The minimum absolute atomic E-state index is 0.0277. The van der Waals surface area contributed by atoms with E-state index in [-0.39, 0.29) is 34.1 Å². The minimum atomic E-state index is -1.19. The van der Waals surface area contributed by atoms with Gasteiger partial charge in [-0.15, -0.1) is 0 Å². The quantitative estimate of drug-likeness (QED) is 0.379. The number of benzene rings is 2. The fourth-order valence-corrected chi connectivity index (χ4v) is 3.89. The summed E-state index contributed by atoms with van der Waals surface area (Å²) in [6.45, 7) is 2.85. The van der Waals surface area contributed by atoms with Gasteiger partial charge in [-0.05, 0) is 37.1 Å². The van der Waals surface area contributed by atoms with Crippen LogP contribution < -0.4 is 19.5 Å². The van der Waals surface area contributed by atoms with Gasteiger partial charge in [0.2, 0.25) is 0 Å². The summed E-state index contributed by atoms with van der Waals surface area (Å²) < 4.78 is 50.8. The molecule has 0 aliphatic rings. The van der Waals surface area contributed by atoms with Gasteiger partial charge >= 0.3 is 5.97 Å². The van der Waals surface area contributed by atoms with Crippen LogP contribution >= 0.6 is 0 Å². The fourth-order valence-electron chi connectivity index (χ4n) is 3.89. The largest absolute Gasteiger partial charge is 0.503 e. The van der Waals surface area contributed by atoms with Crippen molar-refractivity contribution < 1.29 is 42.4 Å². The molecule has 2 aromatic carbocycles. The molecule has 0 aliphatic carbocycles. The first-order valence-corrected chi connectivity index (χ1v) is 11.5. The van der Waals surface area contributed by atoms with Crippen molar-refractivity contribution in [3.8, 4) is 23.0 Å². The fraction of sp³-hybridized carbons (Fsp3) is 0.296. The highest BCUT2D eigenvalue weighted by atomic mass is 19.1. The lowest BCUT2D eigenvalue weighted by atomic mass is 9.86. The van der Waals surface area contributed by atoms with Crippen LogP contribution in [0.1, 0.15) is 41.4 Å². The average molecular weight is 531 g/mol. The summed E-state index contributed by atoms with van der Waals surface area (Å²) in [7, 11) is 4.08. The number of ether oxygens (including phenoxy) is 4. The van der Waals surface area contributed by atoms with Crippen LogP contribution in [0.2, 0.25) is 0 Å². The molecule has 9 nitrogen and oxygen atoms in total. The molecular weight excluding hydrogens is 502 g/mol. The van der Waals surface area contributed by atoms with E-state index in [4.69, 9.17) is 18.9 Å². The van der Waals surface area contributed by atoms with E-state index in [1.807, 2.05) is 0 Å². The van der Waals surface area contributed by atoms with Crippen molar-refractivity contribution in [3.63, 3.8) is 0 Å². The van der Waals surface area contributed by atoms with Gasteiger partial charge < -0.3 is 29.4 Å². The molecule has 1 amide bonds. The second kappa shape index (κ2) is 12.2. The van der Waals surface area contributed by atoms with E-state index in [2.05, 4.69) is 10.3 Å². The summed E-state index contributed by atoms with van der Waals surface area (Å²) in [5.41, 5.74) is -0.217. The Bertz CT molecular complexity index is 1270. The highest BCUT2D eigenvalue weighted by molar-refractivity contribution is 5.97. The van der Waals surface area contributed by atoms with Crippen molar-refractivity contribution >= 4 is 11.9 Å². The van der Waals surface area contributed by atoms with E-state index in [0.717, 1.165) is 12.1 Å². The van der Waals surface area contributed by atoms with Crippen LogP contribution in [0, 0.1) is 11.6 Å². The van der Waals surface area contributed by atoms with Gasteiger partial charge in [-0.2, -0.15) is 0 Å². The molecule has 0 saturated carbocycles. The summed E-state index contributed by atoms with van der Waals surface area (Å²) >= 11 is 0. The first-order valence-electron chi connectivity index (χ1n) is 11.5. The van der Waals surface area contributed by atoms with E-state index in [9.17, 15) is 14.7 Å². The van der Waals surface area contributed by atoms with E-state index < -0.39 is 47.3 Å². The molecule has 11 heteroatoms. The SMILES string of the molecule is COc1ccc(C(c2ccc(OC)cc2F)[C@H](C)OC(=O)[C@H](C)NC(=O)c2nccc(OC)c2O)c(F)c1. The smallest absolute Gasteiger partial charge is 0.328 e. The van der Waals surface area contributed by atoms with Crippen LogP contribution in [-0.4, -0.2) is 55.4 Å². The molecule has 3 rings (SSSR count). The number of nitrogens with zero attached hydrogens (tertiary/aromatic N) is 1. The molecule has 1 aromatic heterocycles. The molecule has 0 spiro atoms. The number of carbonyl (C=O) groups excluding carboxylic acids is 2. The van der Waals surface area contributed by atoms with Gasteiger partial charge in [-0.3, -0.25) is 4.79 Å². The normalized spacial score (nSPS) is 12.4. The van der Waals surface area contributed by atoms with Crippen LogP contribution in [0.25, 0.3) is 0 Å². The van der Waals surface area contributed by atoms with Gasteiger partial charge in [0.15, 0.2) is 17.2 Å². The van der Waals surface area contributed by atoms with Crippen LogP contribution in [0.4, 0.5) is 8.78 Å². The van der Waals surface area contributed by atoms with Crippen molar-refractivity contribution in [1.29, 1.82) is 0 Å². The first kappa shape index (κ1) is 28.2. The van der Waals surface area contributed by atoms with Gasteiger partial charge in [0.05, 0.1) is 27.2 Å². The maximum Gasteiger partial charge on any atom is 0.328 e. The van der Waals surface area contributed by atoms with Gasteiger partial charge in [0.1, 0.15) is 35.3 Å². The number of aromatic nitrogens is 1. The Morgan fingerprint density at radius 1 is 0.895 bits per heavy atom. The maximum absolute atomic E-state index is 15.1. The molecule has 0 bridgehead atoms. The second-order valence-corrected chi connectivity index (χ2v) is 8.30. The lowest BCUT2D eigenvalue weighted by Crippen LogP contribution is -2.41. The highest BCUT2D eigenvalue weighted by Crippen LogP contribution is 2.36. The van der Waals surface area contributed by atoms with Crippen LogP contribution in [0.3, 0.4) is 0 Å². The Labute approximate surface area is 218 Å². The number of methoxy groups -OCH3 is 3. The summed E-state index contributed by atoms with van der Waals surface area (Å²) in [4.78, 5) is 29.3. The topological polar surface area (TPSA) is 116 Å². The van der Waals surface area contributed by atoms with Gasteiger partial charge in [-0.25, -0.2) is 18.6 Å². The Morgan fingerprint density at radius 3 is 1.92 bits per heavy atom. The van der Waals surface area contributed by atoms with Gasteiger partial charge in [0.25, 0.3) is 5.91 Å². The molecule has 0 aliphatic heterocycles. The average Bonchev–Trinajstić information content (AvgIpc) is 2.90. The molecule has 202 valence electrons. The van der Waals surface area contributed by atoms with Crippen molar-refractivity contribution in [2.45, 2.75) is 31.9 Å². The monoisotopic (exact) mass is 530 g/mol. The number of aromatic hydroxyl groups is 1. The van der Waals surface area contributed by atoms with Crippen molar-refractivity contribution in [3.05, 3.63) is 77.1 Å². The standard InChI is InChI=1S/C27H28F2N2O7/c1-14(31-26(33)24-25(32)22(37-5)10-11-30-24)27(34)38-15(2)23(18-8-6-16(35-3)12-20(18)28)19-9-7-17(36-4)13-21(19)29/h6-15,23,32H,1-5H3,(H,31,33)/t14-,15-/m0/s1. The zero-order valence-electron chi connectivity index (χ0n) is 21.5. The minimum Gasteiger partial charge on any atom is -0.503 e. The Kier molecular flexibility index (Phi) is 9.06. The number of esters is 1. The van der Waals surface area contributed by atoms with Crippen molar-refractivity contribution in [1.82, 2.24) is 10.3 Å². The Morgan fingerprint density at radius 2 is 1.45 bits per heavy atom. The molecule has 38 heavy (non-hydrogen) atoms. The van der Waals surface area contributed by atoms with E-state index >= 15 is 8.78 Å². The van der Waals surface area contributed by atoms with Crippen molar-refractivity contribution in [2.24, 2.45) is 0 Å². The number of halogens is 2. The number of hydrogen-bond donors (Lipinski definition) is 2. The molecule has 1 heterocycles. The third kappa shape index (κ3) is 6.10. The molecule has 0 fully saturated rings. The molecule has 0 saturated heterocycles. The van der Waals surface area contributed by atoms with Crippen LogP contribution in [0.5, 0.6) is 23.0 Å². The summed E-state index contributed by atoms with van der Waals surface area (Å²) in [5.74, 6) is -4.10. The number of pyridine rings is 1. The zero-order chi connectivity index (χ0) is 28.0.